The number of carbonyl (C=O) groups excluding carboxylic acids is 1. The van der Waals surface area contributed by atoms with Crippen LogP contribution in [0, 0.1) is 12.8 Å². The molecule has 2 atom stereocenters. The van der Waals surface area contributed by atoms with E-state index < -0.39 is 24.0 Å². The number of ether oxygens (including phenoxy) is 1. The number of hydrogen-bond acceptors (Lipinski definition) is 5. The molecular formula is C21H28ClN3O4. The van der Waals surface area contributed by atoms with Crippen molar-refractivity contribution in [3.05, 3.63) is 52.6 Å². The summed E-state index contributed by atoms with van der Waals surface area (Å²) in [6, 6.07) is 4.17. The minimum atomic E-state index is -0.990. The van der Waals surface area contributed by atoms with E-state index in [0.717, 1.165) is 16.8 Å². The maximum absolute atomic E-state index is 12.3. The quantitative estimate of drug-likeness (QED) is 0.572. The smallest absolute Gasteiger partial charge is 0.323 e. The molecule has 0 aliphatic carbocycles. The third-order valence-corrected chi connectivity index (χ3v) is 4.78. The van der Waals surface area contributed by atoms with Crippen LogP contribution in [-0.2, 0) is 27.3 Å². The normalized spacial score (nSPS) is 13.3. The molecule has 0 aliphatic heterocycles. The number of esters is 1. The van der Waals surface area contributed by atoms with Crippen LogP contribution in [0.4, 0.5) is 0 Å². The Balaban J connectivity index is 2.20. The average molecular weight is 422 g/mol. The van der Waals surface area contributed by atoms with Gasteiger partial charge in [-0.15, -0.1) is 0 Å². The zero-order valence-electron chi connectivity index (χ0n) is 17.2. The van der Waals surface area contributed by atoms with Crippen molar-refractivity contribution < 1.29 is 19.4 Å². The summed E-state index contributed by atoms with van der Waals surface area (Å²) in [4.78, 5) is 28.1. The molecule has 0 saturated carbocycles. The predicted octanol–water partition coefficient (Wildman–Crippen LogP) is 3.07. The Morgan fingerprint density at radius 1 is 1.28 bits per heavy atom. The number of aromatic nitrogens is 2. The minimum Gasteiger partial charge on any atom is -0.480 e. The first kappa shape index (κ1) is 22.9. The highest BCUT2D eigenvalue weighted by molar-refractivity contribution is 6.30. The van der Waals surface area contributed by atoms with Crippen molar-refractivity contribution in [1.82, 2.24) is 14.9 Å². The van der Waals surface area contributed by atoms with Gasteiger partial charge >= 0.3 is 11.9 Å². The van der Waals surface area contributed by atoms with Crippen LogP contribution < -0.4 is 5.32 Å². The van der Waals surface area contributed by atoms with Gasteiger partial charge in [-0.1, -0.05) is 31.5 Å². The Morgan fingerprint density at radius 3 is 2.59 bits per heavy atom. The number of rotatable bonds is 10. The number of imidazole rings is 1. The summed E-state index contributed by atoms with van der Waals surface area (Å²) in [6.07, 6.45) is 4.02. The van der Waals surface area contributed by atoms with Crippen molar-refractivity contribution in [2.24, 2.45) is 5.92 Å². The van der Waals surface area contributed by atoms with E-state index in [9.17, 15) is 14.7 Å². The van der Waals surface area contributed by atoms with Gasteiger partial charge in [-0.25, -0.2) is 4.98 Å². The van der Waals surface area contributed by atoms with E-state index >= 15 is 0 Å². The highest BCUT2D eigenvalue weighted by atomic mass is 35.5. The van der Waals surface area contributed by atoms with Crippen molar-refractivity contribution >= 4 is 23.5 Å². The molecule has 29 heavy (non-hydrogen) atoms. The van der Waals surface area contributed by atoms with Crippen LogP contribution in [0.1, 0.15) is 37.1 Å². The lowest BCUT2D eigenvalue weighted by Gasteiger charge is -2.23. The molecule has 1 aromatic heterocycles. The fraction of sp³-hybridized carbons (Fsp3) is 0.476. The molecule has 1 heterocycles. The Morgan fingerprint density at radius 2 is 2.00 bits per heavy atom. The van der Waals surface area contributed by atoms with Crippen LogP contribution in [0.2, 0.25) is 5.02 Å². The van der Waals surface area contributed by atoms with E-state index in [4.69, 9.17) is 16.3 Å². The maximum atomic E-state index is 12.3. The maximum Gasteiger partial charge on any atom is 0.323 e. The van der Waals surface area contributed by atoms with Gasteiger partial charge in [0.05, 0.1) is 13.4 Å². The van der Waals surface area contributed by atoms with E-state index in [-0.39, 0.29) is 12.3 Å². The lowest BCUT2D eigenvalue weighted by molar-refractivity contribution is -0.145. The van der Waals surface area contributed by atoms with Crippen LogP contribution in [0.5, 0.6) is 0 Å². The van der Waals surface area contributed by atoms with E-state index in [2.05, 4.69) is 10.3 Å². The predicted molar refractivity (Wildman–Crippen MR) is 111 cm³/mol. The lowest BCUT2D eigenvalue weighted by atomic mass is 10.0. The third-order valence-electron chi connectivity index (χ3n) is 4.56. The molecule has 0 fully saturated rings. The Bertz CT molecular complexity index is 830. The number of carboxylic acid groups (broad SMARTS) is 1. The molecule has 8 heteroatoms. The first-order valence-electron chi connectivity index (χ1n) is 9.51. The SMILES string of the molecule is COC(=O)[C@H](Cc1cncn1Cc1cc(C)cc(Cl)c1)NC(CC(C)C)C(=O)O. The zero-order valence-corrected chi connectivity index (χ0v) is 17.9. The molecule has 1 aromatic carbocycles. The van der Waals surface area contributed by atoms with Gasteiger partial charge in [0.25, 0.3) is 0 Å². The number of carboxylic acids is 1. The molecule has 7 nitrogen and oxygen atoms in total. The second-order valence-electron chi connectivity index (χ2n) is 7.62. The Labute approximate surface area is 176 Å². The summed E-state index contributed by atoms with van der Waals surface area (Å²) < 4.78 is 6.81. The lowest BCUT2D eigenvalue weighted by Crippen LogP contribution is -2.49. The Hall–Kier alpha value is -2.38. The van der Waals surface area contributed by atoms with Crippen LogP contribution in [0.15, 0.2) is 30.7 Å². The number of aliphatic carboxylic acids is 1. The van der Waals surface area contributed by atoms with Crippen LogP contribution in [0.3, 0.4) is 0 Å². The van der Waals surface area contributed by atoms with E-state index in [1.54, 1.807) is 12.5 Å². The van der Waals surface area contributed by atoms with Crippen LogP contribution in [0.25, 0.3) is 0 Å². The standard InChI is InChI=1S/C21H28ClN3O4/c1-13(2)5-18(20(26)27)24-19(21(28)29-4)9-17-10-23-12-25(17)11-15-6-14(3)7-16(22)8-15/h6-8,10,12-13,18-19,24H,5,9,11H2,1-4H3,(H,26,27)/t18?,19-/m0/s1. The molecule has 0 spiro atoms. The number of nitrogens with one attached hydrogen (secondary N) is 1. The van der Waals surface area contributed by atoms with E-state index in [1.807, 2.05) is 43.5 Å². The molecule has 2 rings (SSSR count). The number of carbonyl (C=O) groups is 2. The van der Waals surface area contributed by atoms with Gasteiger partial charge in [-0.05, 0) is 42.5 Å². The van der Waals surface area contributed by atoms with Gasteiger partial charge in [-0.2, -0.15) is 0 Å². The van der Waals surface area contributed by atoms with E-state index in [1.165, 1.54) is 7.11 Å². The number of halogens is 1. The molecular weight excluding hydrogens is 394 g/mol. The van der Waals surface area contributed by atoms with Crippen molar-refractivity contribution in [3.8, 4) is 0 Å². The molecule has 0 radical (unpaired) electrons. The van der Waals surface area contributed by atoms with E-state index in [0.29, 0.717) is 18.0 Å². The number of benzene rings is 1. The summed E-state index contributed by atoms with van der Waals surface area (Å²) in [7, 11) is 1.29. The van der Waals surface area contributed by atoms with Crippen molar-refractivity contribution in [2.75, 3.05) is 7.11 Å². The van der Waals surface area contributed by atoms with Gasteiger partial charge in [0.2, 0.25) is 0 Å². The van der Waals surface area contributed by atoms with Gasteiger partial charge in [0.1, 0.15) is 12.1 Å². The highest BCUT2D eigenvalue weighted by Crippen LogP contribution is 2.17. The van der Waals surface area contributed by atoms with Crippen LogP contribution >= 0.6 is 11.6 Å². The van der Waals surface area contributed by atoms with Crippen LogP contribution in [-0.4, -0.2) is 45.8 Å². The van der Waals surface area contributed by atoms with Gasteiger partial charge in [0.15, 0.2) is 0 Å². The number of methoxy groups -OCH3 is 1. The summed E-state index contributed by atoms with van der Waals surface area (Å²) in [5, 5.41) is 13.1. The first-order chi connectivity index (χ1) is 13.7. The summed E-state index contributed by atoms with van der Waals surface area (Å²) in [6.45, 7) is 6.39. The first-order valence-corrected chi connectivity index (χ1v) is 9.89. The largest absolute Gasteiger partial charge is 0.480 e. The Kier molecular flexibility index (Phi) is 8.22. The fourth-order valence-corrected chi connectivity index (χ4v) is 3.59. The van der Waals surface area contributed by atoms with Crippen molar-refractivity contribution in [3.63, 3.8) is 0 Å². The molecule has 2 N–H and O–H groups in total. The highest BCUT2D eigenvalue weighted by Gasteiger charge is 2.28. The molecule has 0 bridgehead atoms. The minimum absolute atomic E-state index is 0.165. The number of nitrogens with zero attached hydrogens (tertiary/aromatic N) is 2. The zero-order chi connectivity index (χ0) is 21.6. The average Bonchev–Trinajstić information content (AvgIpc) is 3.05. The summed E-state index contributed by atoms with van der Waals surface area (Å²) >= 11 is 6.15. The second kappa shape index (κ2) is 10.4. The van der Waals surface area contributed by atoms with Crippen molar-refractivity contribution in [1.29, 1.82) is 0 Å². The molecule has 0 aliphatic rings. The molecule has 0 amide bonds. The second-order valence-corrected chi connectivity index (χ2v) is 8.05. The summed E-state index contributed by atoms with van der Waals surface area (Å²) in [5.74, 6) is -1.33. The topological polar surface area (TPSA) is 93.5 Å². The fourth-order valence-electron chi connectivity index (χ4n) is 3.28. The molecule has 158 valence electrons. The van der Waals surface area contributed by atoms with Crippen molar-refractivity contribution in [2.45, 2.75) is 52.2 Å². The number of hydrogen-bond donors (Lipinski definition) is 2. The summed E-state index contributed by atoms with van der Waals surface area (Å²) in [5.41, 5.74) is 2.86. The molecule has 1 unspecified atom stereocenters. The van der Waals surface area contributed by atoms with Gasteiger partial charge < -0.3 is 14.4 Å². The van der Waals surface area contributed by atoms with Gasteiger partial charge in [0, 0.05) is 29.9 Å². The molecule has 2 aromatic rings. The number of aryl methyl sites for hydroxylation is 1. The molecule has 0 saturated heterocycles. The monoisotopic (exact) mass is 421 g/mol. The third kappa shape index (κ3) is 6.87. The van der Waals surface area contributed by atoms with Gasteiger partial charge in [-0.3, -0.25) is 14.9 Å².